The van der Waals surface area contributed by atoms with Crippen LogP contribution in [0.3, 0.4) is 0 Å². The normalized spacial score (nSPS) is 39.6. The second-order valence-corrected chi connectivity index (χ2v) is 4.05. The molecule has 0 aliphatic heterocycles. The van der Waals surface area contributed by atoms with Crippen LogP contribution in [0.15, 0.2) is 12.7 Å². The first-order chi connectivity index (χ1) is 5.25. The summed E-state index contributed by atoms with van der Waals surface area (Å²) in [7, 11) is 0. The minimum absolute atomic E-state index is 0.775. The molecular weight excluding hydrogens is 132 g/mol. The highest BCUT2D eigenvalue weighted by Gasteiger charge is 2.22. The van der Waals surface area contributed by atoms with Gasteiger partial charge in [-0.2, -0.15) is 0 Å². The predicted molar refractivity (Wildman–Crippen MR) is 50.5 cm³/mol. The third kappa shape index (κ3) is 2.08. The zero-order valence-electron chi connectivity index (χ0n) is 7.84. The van der Waals surface area contributed by atoms with Crippen LogP contribution in [0.5, 0.6) is 0 Å². The Labute approximate surface area is 70.7 Å². The molecule has 1 fully saturated rings. The molecule has 0 nitrogen and oxygen atoms in total. The smallest absolute Gasteiger partial charge is 0.0185 e. The summed E-state index contributed by atoms with van der Waals surface area (Å²) >= 11 is 0. The van der Waals surface area contributed by atoms with Gasteiger partial charge in [0.2, 0.25) is 0 Å². The summed E-state index contributed by atoms with van der Waals surface area (Å²) < 4.78 is 0. The van der Waals surface area contributed by atoms with Crippen LogP contribution in [0.25, 0.3) is 0 Å². The third-order valence-electron chi connectivity index (χ3n) is 3.16. The third-order valence-corrected chi connectivity index (χ3v) is 3.16. The fraction of sp³-hybridized carbons (Fsp3) is 0.818. The number of allylic oxidation sites excluding steroid dienone is 1. The first-order valence-electron chi connectivity index (χ1n) is 4.88. The summed E-state index contributed by atoms with van der Waals surface area (Å²) in [4.78, 5) is 0. The van der Waals surface area contributed by atoms with E-state index in [1.54, 1.807) is 0 Å². The maximum absolute atomic E-state index is 3.93. The molecule has 0 spiro atoms. The number of hydrogen-bond donors (Lipinski definition) is 0. The summed E-state index contributed by atoms with van der Waals surface area (Å²) in [5.41, 5.74) is 0. The molecule has 0 radical (unpaired) electrons. The lowest BCUT2D eigenvalue weighted by molar-refractivity contribution is 0.321. The second kappa shape index (κ2) is 3.94. The summed E-state index contributed by atoms with van der Waals surface area (Å²) in [6.45, 7) is 8.67. The topological polar surface area (TPSA) is 0 Å². The number of hydrogen-bond acceptors (Lipinski definition) is 0. The van der Waals surface area contributed by atoms with Crippen molar-refractivity contribution in [3.63, 3.8) is 0 Å². The Bertz CT molecular complexity index is 114. The molecule has 1 saturated carbocycles. The first-order valence-corrected chi connectivity index (χ1v) is 4.88. The van der Waals surface area contributed by atoms with Gasteiger partial charge in [-0.25, -0.2) is 0 Å². The van der Waals surface area contributed by atoms with Crippen LogP contribution in [-0.2, 0) is 0 Å². The fourth-order valence-corrected chi connectivity index (χ4v) is 2.34. The molecule has 0 saturated heterocycles. The molecule has 0 heteroatoms. The molecule has 64 valence electrons. The maximum Gasteiger partial charge on any atom is -0.0185 e. The maximum atomic E-state index is 3.93. The Morgan fingerprint density at radius 3 is 1.91 bits per heavy atom. The monoisotopic (exact) mass is 152 g/mol. The van der Waals surface area contributed by atoms with Crippen molar-refractivity contribution in [3.8, 4) is 0 Å². The molecule has 0 amide bonds. The SMILES string of the molecule is C=CC1C(C)CCCCC1C. The Balaban J connectivity index is 2.58. The lowest BCUT2D eigenvalue weighted by Crippen LogP contribution is -2.14. The summed E-state index contributed by atoms with van der Waals surface area (Å²) in [5, 5.41) is 0. The van der Waals surface area contributed by atoms with Crippen molar-refractivity contribution in [2.45, 2.75) is 39.5 Å². The van der Waals surface area contributed by atoms with E-state index in [9.17, 15) is 0 Å². The van der Waals surface area contributed by atoms with Gasteiger partial charge in [-0.05, 0) is 17.8 Å². The van der Waals surface area contributed by atoms with Crippen LogP contribution in [-0.4, -0.2) is 0 Å². The molecule has 1 aliphatic rings. The van der Waals surface area contributed by atoms with Gasteiger partial charge in [-0.15, -0.1) is 6.58 Å². The Morgan fingerprint density at radius 2 is 1.55 bits per heavy atom. The summed E-state index contributed by atoms with van der Waals surface area (Å²) in [6.07, 6.45) is 7.83. The van der Waals surface area contributed by atoms with E-state index in [2.05, 4.69) is 26.5 Å². The van der Waals surface area contributed by atoms with Gasteiger partial charge in [0.15, 0.2) is 0 Å². The fourth-order valence-electron chi connectivity index (χ4n) is 2.34. The second-order valence-electron chi connectivity index (χ2n) is 4.05. The molecule has 1 rings (SSSR count). The van der Waals surface area contributed by atoms with Crippen molar-refractivity contribution in [2.24, 2.45) is 17.8 Å². The van der Waals surface area contributed by atoms with Crippen molar-refractivity contribution in [1.82, 2.24) is 0 Å². The molecule has 0 N–H and O–H groups in total. The average molecular weight is 152 g/mol. The van der Waals surface area contributed by atoms with Crippen molar-refractivity contribution in [3.05, 3.63) is 12.7 Å². The van der Waals surface area contributed by atoms with Crippen LogP contribution in [0, 0.1) is 17.8 Å². The Hall–Kier alpha value is -0.260. The lowest BCUT2D eigenvalue weighted by atomic mass is 9.83. The largest absolute Gasteiger partial charge is 0.103 e. The van der Waals surface area contributed by atoms with Crippen molar-refractivity contribution < 1.29 is 0 Å². The Kier molecular flexibility index (Phi) is 3.16. The zero-order chi connectivity index (χ0) is 8.27. The van der Waals surface area contributed by atoms with Gasteiger partial charge in [-0.3, -0.25) is 0 Å². The van der Waals surface area contributed by atoms with E-state index in [-0.39, 0.29) is 0 Å². The van der Waals surface area contributed by atoms with Gasteiger partial charge >= 0.3 is 0 Å². The van der Waals surface area contributed by atoms with E-state index < -0.39 is 0 Å². The highest BCUT2D eigenvalue weighted by molar-refractivity contribution is 4.88. The summed E-state index contributed by atoms with van der Waals surface area (Å²) in [6, 6.07) is 0. The van der Waals surface area contributed by atoms with Crippen LogP contribution in [0.1, 0.15) is 39.5 Å². The van der Waals surface area contributed by atoms with Gasteiger partial charge in [0.1, 0.15) is 0 Å². The van der Waals surface area contributed by atoms with Crippen LogP contribution < -0.4 is 0 Å². The number of rotatable bonds is 1. The van der Waals surface area contributed by atoms with Crippen molar-refractivity contribution in [1.29, 1.82) is 0 Å². The lowest BCUT2D eigenvalue weighted by Gasteiger charge is -2.22. The average Bonchev–Trinajstić information content (AvgIpc) is 2.12. The molecule has 0 bridgehead atoms. The van der Waals surface area contributed by atoms with Crippen molar-refractivity contribution >= 4 is 0 Å². The van der Waals surface area contributed by atoms with Crippen LogP contribution >= 0.6 is 0 Å². The van der Waals surface area contributed by atoms with Gasteiger partial charge < -0.3 is 0 Å². The Morgan fingerprint density at radius 1 is 1.09 bits per heavy atom. The van der Waals surface area contributed by atoms with Gasteiger partial charge in [-0.1, -0.05) is 45.6 Å². The molecule has 1 aliphatic carbocycles. The van der Waals surface area contributed by atoms with Crippen LogP contribution in [0.4, 0.5) is 0 Å². The van der Waals surface area contributed by atoms with Gasteiger partial charge in [0.05, 0.1) is 0 Å². The zero-order valence-corrected chi connectivity index (χ0v) is 7.84. The van der Waals surface area contributed by atoms with Gasteiger partial charge in [0.25, 0.3) is 0 Å². The molecule has 2 unspecified atom stereocenters. The predicted octanol–water partition coefficient (Wildman–Crippen LogP) is 3.63. The van der Waals surface area contributed by atoms with E-state index >= 15 is 0 Å². The van der Waals surface area contributed by atoms with E-state index in [4.69, 9.17) is 0 Å². The molecule has 2 atom stereocenters. The minimum atomic E-state index is 0.775. The molecular formula is C11H20. The molecule has 0 aromatic heterocycles. The van der Waals surface area contributed by atoms with E-state index in [1.165, 1.54) is 25.7 Å². The molecule has 0 aromatic carbocycles. The van der Waals surface area contributed by atoms with Gasteiger partial charge in [0, 0.05) is 0 Å². The molecule has 0 aromatic rings. The minimum Gasteiger partial charge on any atom is -0.103 e. The quantitative estimate of drug-likeness (QED) is 0.397. The van der Waals surface area contributed by atoms with Crippen LogP contribution in [0.2, 0.25) is 0 Å². The highest BCUT2D eigenvalue weighted by Crippen LogP contribution is 2.33. The molecule has 11 heavy (non-hydrogen) atoms. The first kappa shape index (κ1) is 8.83. The van der Waals surface area contributed by atoms with E-state index in [0.29, 0.717) is 0 Å². The van der Waals surface area contributed by atoms with Crippen molar-refractivity contribution in [2.75, 3.05) is 0 Å². The standard InChI is InChI=1S/C11H20/c1-4-11-9(2)7-5-6-8-10(11)3/h4,9-11H,1,5-8H2,2-3H3. The summed E-state index contributed by atoms with van der Waals surface area (Å²) in [5.74, 6) is 2.51. The van der Waals surface area contributed by atoms with E-state index in [1.807, 2.05) is 0 Å². The van der Waals surface area contributed by atoms with E-state index in [0.717, 1.165) is 17.8 Å². The molecule has 0 heterocycles. The highest BCUT2D eigenvalue weighted by atomic mass is 14.3.